The molecule has 0 amide bonds. The molecule has 0 unspecified atom stereocenters. The van der Waals surface area contributed by atoms with Gasteiger partial charge in [-0.15, -0.1) is 11.8 Å². The minimum Gasteiger partial charge on any atom is -0.481 e. The summed E-state index contributed by atoms with van der Waals surface area (Å²) in [5.74, 6) is 1.51. The summed E-state index contributed by atoms with van der Waals surface area (Å²) in [5, 5.41) is 9.53. The molecule has 1 aliphatic rings. The lowest BCUT2D eigenvalue weighted by molar-refractivity contribution is -0.136. The maximum Gasteiger partial charge on any atom is 0.303 e. The molecule has 0 aliphatic carbocycles. The molecule has 0 radical (unpaired) electrons. The molecule has 27 heavy (non-hydrogen) atoms. The fourth-order valence-corrected chi connectivity index (χ4v) is 4.30. The summed E-state index contributed by atoms with van der Waals surface area (Å²) in [6, 6.07) is 9.92. The van der Waals surface area contributed by atoms with Crippen LogP contribution in [0, 0.1) is 0 Å². The van der Waals surface area contributed by atoms with Crippen LogP contribution in [0.25, 0.3) is 0 Å². The van der Waals surface area contributed by atoms with Crippen LogP contribution in [0.1, 0.15) is 42.9 Å². The summed E-state index contributed by atoms with van der Waals surface area (Å²) in [7, 11) is 0. The molecule has 4 nitrogen and oxygen atoms in total. The Morgan fingerprint density at radius 1 is 1.19 bits per heavy atom. The van der Waals surface area contributed by atoms with Crippen molar-refractivity contribution < 1.29 is 19.4 Å². The van der Waals surface area contributed by atoms with Gasteiger partial charge in [0.05, 0.1) is 0 Å². The van der Waals surface area contributed by atoms with Gasteiger partial charge in [-0.2, -0.15) is 0 Å². The van der Waals surface area contributed by atoms with Gasteiger partial charge in [-0.05, 0) is 42.5 Å². The highest BCUT2D eigenvalue weighted by molar-refractivity contribution is 7.98. The van der Waals surface area contributed by atoms with Crippen LogP contribution >= 0.6 is 23.4 Å². The van der Waals surface area contributed by atoms with Gasteiger partial charge in [0.25, 0.3) is 0 Å². The molecule has 6 heteroatoms. The molecule has 0 bridgehead atoms. The molecular weight excluding hydrogens is 384 g/mol. The Morgan fingerprint density at radius 2 is 1.96 bits per heavy atom. The first kappa shape index (κ1) is 19.9. The largest absolute Gasteiger partial charge is 0.481 e. The summed E-state index contributed by atoms with van der Waals surface area (Å²) in [4.78, 5) is 11.8. The smallest absolute Gasteiger partial charge is 0.303 e. The second kappa shape index (κ2) is 9.38. The number of unbranched alkanes of at least 4 members (excludes halogenated alkanes) is 1. The van der Waals surface area contributed by atoms with E-state index in [4.69, 9.17) is 26.2 Å². The second-order valence-electron chi connectivity index (χ2n) is 6.48. The molecular formula is C21H23ClO4S. The van der Waals surface area contributed by atoms with E-state index in [1.807, 2.05) is 30.3 Å². The van der Waals surface area contributed by atoms with Crippen molar-refractivity contribution in [3.8, 4) is 11.5 Å². The number of carbonyl (C=O) groups is 1. The first-order valence-electron chi connectivity index (χ1n) is 9.12. The number of ether oxygens (including phenoxy) is 2. The predicted octanol–water partition coefficient (Wildman–Crippen LogP) is 5.72. The van der Waals surface area contributed by atoms with Crippen LogP contribution < -0.4 is 9.47 Å². The minimum atomic E-state index is -0.773. The zero-order valence-electron chi connectivity index (χ0n) is 15.3. The first-order valence-corrected chi connectivity index (χ1v) is 10.5. The number of rotatable bonds is 9. The third kappa shape index (κ3) is 5.11. The van der Waals surface area contributed by atoms with Crippen molar-refractivity contribution in [2.75, 3.05) is 6.79 Å². The average Bonchev–Trinajstić information content (AvgIpc) is 3.12. The summed E-state index contributed by atoms with van der Waals surface area (Å²) in [6.07, 6.45) is 3.81. The molecule has 0 saturated carbocycles. The van der Waals surface area contributed by atoms with E-state index in [1.165, 1.54) is 0 Å². The Balaban J connectivity index is 1.74. The molecule has 0 fully saturated rings. The van der Waals surface area contributed by atoms with Crippen molar-refractivity contribution in [3.63, 3.8) is 0 Å². The van der Waals surface area contributed by atoms with Gasteiger partial charge in [-0.3, -0.25) is 4.79 Å². The molecule has 3 rings (SSSR count). The summed E-state index contributed by atoms with van der Waals surface area (Å²) in [5.41, 5.74) is 3.29. The SMILES string of the molecule is CCCCc1c(Cl)cc2c(c1CSc1ccc(CCC(=O)O)cc1)OCO2. The van der Waals surface area contributed by atoms with Gasteiger partial charge in [-0.1, -0.05) is 37.1 Å². The summed E-state index contributed by atoms with van der Waals surface area (Å²) >= 11 is 8.24. The van der Waals surface area contributed by atoms with Crippen molar-refractivity contribution in [2.45, 2.75) is 49.7 Å². The normalized spacial score (nSPS) is 12.4. The zero-order valence-corrected chi connectivity index (χ0v) is 16.9. The van der Waals surface area contributed by atoms with E-state index in [2.05, 4.69) is 6.92 Å². The standard InChI is InChI=1S/C21H23ClO4S/c1-2-3-4-16-17(21-19(11-18(16)22)25-13-26-21)12-27-15-8-5-14(6-9-15)7-10-20(23)24/h5-6,8-9,11H,2-4,7,10,12-13H2,1H3,(H,23,24). The van der Waals surface area contributed by atoms with Crippen molar-refractivity contribution in [2.24, 2.45) is 0 Å². The lowest BCUT2D eigenvalue weighted by atomic mass is 10.0. The van der Waals surface area contributed by atoms with Gasteiger partial charge in [-0.25, -0.2) is 0 Å². The number of fused-ring (bicyclic) bond motifs is 1. The fraction of sp³-hybridized carbons (Fsp3) is 0.381. The van der Waals surface area contributed by atoms with Crippen molar-refractivity contribution in [1.29, 1.82) is 0 Å². The Morgan fingerprint density at radius 3 is 2.67 bits per heavy atom. The molecule has 0 atom stereocenters. The number of benzene rings is 2. The Hall–Kier alpha value is -1.85. The quantitative estimate of drug-likeness (QED) is 0.539. The number of carboxylic acids is 1. The maximum absolute atomic E-state index is 10.7. The lowest BCUT2D eigenvalue weighted by Gasteiger charge is -2.14. The second-order valence-corrected chi connectivity index (χ2v) is 7.94. The lowest BCUT2D eigenvalue weighted by Crippen LogP contribution is -1.98. The van der Waals surface area contributed by atoms with Gasteiger partial charge < -0.3 is 14.6 Å². The minimum absolute atomic E-state index is 0.152. The highest BCUT2D eigenvalue weighted by Gasteiger charge is 2.23. The number of aryl methyl sites for hydroxylation is 1. The molecule has 1 aliphatic heterocycles. The van der Waals surface area contributed by atoms with Crippen LogP contribution in [0.2, 0.25) is 5.02 Å². The molecule has 0 aromatic heterocycles. The highest BCUT2D eigenvalue weighted by atomic mass is 35.5. The molecule has 1 heterocycles. The van der Waals surface area contributed by atoms with Crippen LogP contribution in [0.3, 0.4) is 0 Å². The highest BCUT2D eigenvalue weighted by Crippen LogP contribution is 2.44. The molecule has 2 aromatic carbocycles. The van der Waals surface area contributed by atoms with Gasteiger partial charge >= 0.3 is 5.97 Å². The van der Waals surface area contributed by atoms with E-state index in [9.17, 15) is 4.79 Å². The zero-order chi connectivity index (χ0) is 19.2. The number of carboxylic acid groups (broad SMARTS) is 1. The van der Waals surface area contributed by atoms with Crippen LogP contribution in [0.4, 0.5) is 0 Å². The van der Waals surface area contributed by atoms with Gasteiger partial charge in [0.2, 0.25) is 6.79 Å². The van der Waals surface area contributed by atoms with Crippen LogP contribution in [-0.4, -0.2) is 17.9 Å². The van der Waals surface area contributed by atoms with E-state index in [1.54, 1.807) is 11.8 Å². The molecule has 0 saturated heterocycles. The van der Waals surface area contributed by atoms with E-state index in [0.29, 0.717) is 6.42 Å². The first-order chi connectivity index (χ1) is 13.1. The predicted molar refractivity (Wildman–Crippen MR) is 108 cm³/mol. The number of hydrogen-bond acceptors (Lipinski definition) is 4. The van der Waals surface area contributed by atoms with E-state index in [-0.39, 0.29) is 13.2 Å². The Kier molecular flexibility index (Phi) is 6.91. The molecule has 2 aromatic rings. The monoisotopic (exact) mass is 406 g/mol. The molecule has 144 valence electrons. The van der Waals surface area contributed by atoms with Crippen LogP contribution in [-0.2, 0) is 23.4 Å². The van der Waals surface area contributed by atoms with Gasteiger partial charge in [0, 0.05) is 33.7 Å². The van der Waals surface area contributed by atoms with Crippen molar-refractivity contribution >= 4 is 29.3 Å². The summed E-state index contributed by atoms with van der Waals surface area (Å²) < 4.78 is 11.2. The fourth-order valence-electron chi connectivity index (χ4n) is 3.05. The Bertz CT molecular complexity index is 805. The van der Waals surface area contributed by atoms with E-state index < -0.39 is 5.97 Å². The Labute approximate surface area is 168 Å². The average molecular weight is 407 g/mol. The number of aliphatic carboxylic acids is 1. The van der Waals surface area contributed by atoms with Crippen LogP contribution in [0.5, 0.6) is 11.5 Å². The molecule has 0 spiro atoms. The third-order valence-corrected chi connectivity index (χ3v) is 5.92. The maximum atomic E-state index is 10.7. The van der Waals surface area contributed by atoms with Gasteiger partial charge in [0.15, 0.2) is 11.5 Å². The number of halogens is 1. The van der Waals surface area contributed by atoms with Gasteiger partial charge in [0.1, 0.15) is 0 Å². The van der Waals surface area contributed by atoms with E-state index in [0.717, 1.165) is 63.1 Å². The number of hydrogen-bond donors (Lipinski definition) is 1. The molecule has 1 N–H and O–H groups in total. The summed E-state index contributed by atoms with van der Waals surface area (Å²) in [6.45, 7) is 2.40. The topological polar surface area (TPSA) is 55.8 Å². The third-order valence-electron chi connectivity index (χ3n) is 4.54. The van der Waals surface area contributed by atoms with Crippen molar-refractivity contribution in [1.82, 2.24) is 0 Å². The van der Waals surface area contributed by atoms with E-state index >= 15 is 0 Å². The van der Waals surface area contributed by atoms with Crippen LogP contribution in [0.15, 0.2) is 35.2 Å². The number of thioether (sulfide) groups is 1. The van der Waals surface area contributed by atoms with Crippen molar-refractivity contribution in [3.05, 3.63) is 52.0 Å².